The fraction of sp³-hybridized carbons (Fsp3) is 0.571. The zero-order valence-corrected chi connectivity index (χ0v) is 6.57. The van der Waals surface area contributed by atoms with E-state index in [-0.39, 0.29) is 6.10 Å². The maximum absolute atomic E-state index is 8.95. The summed E-state index contributed by atoms with van der Waals surface area (Å²) >= 11 is 0. The van der Waals surface area contributed by atoms with Crippen LogP contribution in [0.5, 0.6) is 0 Å². The Labute approximate surface area is 65.6 Å². The average Bonchev–Trinajstić information content (AvgIpc) is 2.31. The molecule has 0 aliphatic rings. The van der Waals surface area contributed by atoms with Crippen LogP contribution < -0.4 is 5.73 Å². The number of nitrogen functional groups attached to an aromatic ring is 1. The van der Waals surface area contributed by atoms with Crippen molar-refractivity contribution in [1.29, 1.82) is 0 Å². The van der Waals surface area contributed by atoms with Gasteiger partial charge in [0.1, 0.15) is 5.82 Å². The lowest BCUT2D eigenvalue weighted by Crippen LogP contribution is -2.07. The van der Waals surface area contributed by atoms with Gasteiger partial charge in [-0.05, 0) is 19.4 Å². The molecule has 0 bridgehead atoms. The summed E-state index contributed by atoms with van der Waals surface area (Å²) in [6.07, 6.45) is 2.24. The largest absolute Gasteiger partial charge is 0.393 e. The molecule has 0 radical (unpaired) electrons. The third-order valence-electron chi connectivity index (χ3n) is 1.44. The van der Waals surface area contributed by atoms with E-state index in [1.807, 2.05) is 0 Å². The number of aromatic nitrogens is 2. The first kappa shape index (κ1) is 8.07. The number of hydrogen-bond donors (Lipinski definition) is 2. The summed E-state index contributed by atoms with van der Waals surface area (Å²) in [5, 5.41) is 12.9. The second-order valence-electron chi connectivity index (χ2n) is 2.64. The molecule has 11 heavy (non-hydrogen) atoms. The maximum atomic E-state index is 8.95. The van der Waals surface area contributed by atoms with Crippen LogP contribution >= 0.6 is 0 Å². The molecule has 0 aliphatic heterocycles. The standard InChI is InChI=1S/C7H13N3O/c1-6(11)2-4-10-5-3-7(8)9-10/h3,5-6,11H,2,4H2,1H3,(H2,8,9)/t6-/m1/s1. The van der Waals surface area contributed by atoms with Crippen LogP contribution in [0.4, 0.5) is 5.82 Å². The number of nitrogens with zero attached hydrogens (tertiary/aromatic N) is 2. The Morgan fingerprint density at radius 3 is 3.00 bits per heavy atom. The summed E-state index contributed by atoms with van der Waals surface area (Å²) in [6, 6.07) is 1.74. The van der Waals surface area contributed by atoms with Crippen LogP contribution in [0.1, 0.15) is 13.3 Å². The smallest absolute Gasteiger partial charge is 0.145 e. The SMILES string of the molecule is C[C@@H](O)CCn1ccc(N)n1. The second-order valence-corrected chi connectivity index (χ2v) is 2.64. The molecular weight excluding hydrogens is 142 g/mol. The predicted molar refractivity (Wildman–Crippen MR) is 42.9 cm³/mol. The summed E-state index contributed by atoms with van der Waals surface area (Å²) in [4.78, 5) is 0. The van der Waals surface area contributed by atoms with Gasteiger partial charge in [0.25, 0.3) is 0 Å². The van der Waals surface area contributed by atoms with Gasteiger partial charge in [-0.15, -0.1) is 0 Å². The molecule has 0 aromatic carbocycles. The van der Waals surface area contributed by atoms with E-state index in [4.69, 9.17) is 10.8 Å². The Morgan fingerprint density at radius 1 is 1.82 bits per heavy atom. The molecule has 4 heteroatoms. The highest BCUT2D eigenvalue weighted by molar-refractivity contribution is 5.23. The lowest BCUT2D eigenvalue weighted by Gasteiger charge is -2.02. The van der Waals surface area contributed by atoms with Gasteiger partial charge in [0, 0.05) is 12.7 Å². The Balaban J connectivity index is 2.39. The normalized spacial score (nSPS) is 13.3. The van der Waals surface area contributed by atoms with Gasteiger partial charge in [0.15, 0.2) is 0 Å². The van der Waals surface area contributed by atoms with Crippen molar-refractivity contribution in [2.45, 2.75) is 26.0 Å². The van der Waals surface area contributed by atoms with Crippen LogP contribution in [-0.4, -0.2) is 21.0 Å². The van der Waals surface area contributed by atoms with Crippen molar-refractivity contribution in [3.05, 3.63) is 12.3 Å². The molecule has 0 saturated carbocycles. The molecule has 0 spiro atoms. The van der Waals surface area contributed by atoms with Crippen molar-refractivity contribution < 1.29 is 5.11 Å². The van der Waals surface area contributed by atoms with E-state index in [1.54, 1.807) is 23.9 Å². The van der Waals surface area contributed by atoms with Gasteiger partial charge >= 0.3 is 0 Å². The molecule has 0 amide bonds. The molecule has 4 nitrogen and oxygen atoms in total. The van der Waals surface area contributed by atoms with Crippen molar-refractivity contribution in [1.82, 2.24) is 9.78 Å². The molecule has 1 aromatic rings. The van der Waals surface area contributed by atoms with E-state index in [0.717, 1.165) is 6.54 Å². The van der Waals surface area contributed by atoms with E-state index < -0.39 is 0 Å². The van der Waals surface area contributed by atoms with Crippen LogP contribution in [0, 0.1) is 0 Å². The summed E-state index contributed by atoms with van der Waals surface area (Å²) in [5.74, 6) is 0.524. The third kappa shape index (κ3) is 2.59. The molecule has 3 N–H and O–H groups in total. The van der Waals surface area contributed by atoms with Gasteiger partial charge in [-0.2, -0.15) is 5.10 Å². The minimum absolute atomic E-state index is 0.277. The number of rotatable bonds is 3. The van der Waals surface area contributed by atoms with Crippen molar-refractivity contribution >= 4 is 5.82 Å². The van der Waals surface area contributed by atoms with E-state index >= 15 is 0 Å². The fourth-order valence-corrected chi connectivity index (χ4v) is 0.821. The van der Waals surface area contributed by atoms with E-state index in [2.05, 4.69) is 5.10 Å². The maximum Gasteiger partial charge on any atom is 0.145 e. The van der Waals surface area contributed by atoms with Crippen LogP contribution in [0.15, 0.2) is 12.3 Å². The number of aliphatic hydroxyl groups is 1. The number of nitrogens with two attached hydrogens (primary N) is 1. The van der Waals surface area contributed by atoms with Crippen molar-refractivity contribution in [2.75, 3.05) is 5.73 Å². The summed E-state index contributed by atoms with van der Waals surface area (Å²) in [6.45, 7) is 2.47. The van der Waals surface area contributed by atoms with E-state index in [1.165, 1.54) is 0 Å². The van der Waals surface area contributed by atoms with Gasteiger partial charge < -0.3 is 10.8 Å². The van der Waals surface area contributed by atoms with Crippen LogP contribution in [0.2, 0.25) is 0 Å². The third-order valence-corrected chi connectivity index (χ3v) is 1.44. The zero-order chi connectivity index (χ0) is 8.27. The Hall–Kier alpha value is -1.03. The number of aliphatic hydroxyl groups excluding tert-OH is 1. The van der Waals surface area contributed by atoms with Crippen LogP contribution in [0.25, 0.3) is 0 Å². The highest BCUT2D eigenvalue weighted by Gasteiger charge is 1.97. The quantitative estimate of drug-likeness (QED) is 0.657. The molecule has 1 aromatic heterocycles. The highest BCUT2D eigenvalue weighted by atomic mass is 16.3. The lowest BCUT2D eigenvalue weighted by molar-refractivity contribution is 0.176. The lowest BCUT2D eigenvalue weighted by atomic mass is 10.3. The minimum Gasteiger partial charge on any atom is -0.393 e. The molecule has 0 fully saturated rings. The molecule has 0 aliphatic carbocycles. The summed E-state index contributed by atoms with van der Waals surface area (Å²) < 4.78 is 1.72. The fourth-order valence-electron chi connectivity index (χ4n) is 0.821. The van der Waals surface area contributed by atoms with Gasteiger partial charge in [0.05, 0.1) is 6.10 Å². The molecule has 1 heterocycles. The first-order chi connectivity index (χ1) is 5.18. The monoisotopic (exact) mass is 155 g/mol. The number of aryl methyl sites for hydroxylation is 1. The van der Waals surface area contributed by atoms with Crippen LogP contribution in [-0.2, 0) is 6.54 Å². The molecule has 1 rings (SSSR count). The van der Waals surface area contributed by atoms with Gasteiger partial charge in [-0.25, -0.2) is 0 Å². The van der Waals surface area contributed by atoms with Gasteiger partial charge in [-0.1, -0.05) is 0 Å². The van der Waals surface area contributed by atoms with Crippen molar-refractivity contribution in [3.8, 4) is 0 Å². The van der Waals surface area contributed by atoms with E-state index in [0.29, 0.717) is 12.2 Å². The molecular formula is C7H13N3O. The number of hydrogen-bond acceptors (Lipinski definition) is 3. The average molecular weight is 155 g/mol. The minimum atomic E-state index is -0.277. The Morgan fingerprint density at radius 2 is 2.55 bits per heavy atom. The first-order valence-electron chi connectivity index (χ1n) is 3.65. The van der Waals surface area contributed by atoms with Gasteiger partial charge in [0.2, 0.25) is 0 Å². The Bertz CT molecular complexity index is 219. The molecule has 62 valence electrons. The summed E-state index contributed by atoms with van der Waals surface area (Å²) in [5.41, 5.74) is 5.39. The van der Waals surface area contributed by atoms with Crippen molar-refractivity contribution in [2.24, 2.45) is 0 Å². The zero-order valence-electron chi connectivity index (χ0n) is 6.57. The van der Waals surface area contributed by atoms with Crippen molar-refractivity contribution in [3.63, 3.8) is 0 Å². The van der Waals surface area contributed by atoms with Gasteiger partial charge in [-0.3, -0.25) is 4.68 Å². The molecule has 0 unspecified atom stereocenters. The second kappa shape index (κ2) is 3.39. The molecule has 0 saturated heterocycles. The Kier molecular flexibility index (Phi) is 2.48. The summed E-state index contributed by atoms with van der Waals surface area (Å²) in [7, 11) is 0. The predicted octanol–water partition coefficient (Wildman–Crippen LogP) is 0.236. The topological polar surface area (TPSA) is 64.1 Å². The number of anilines is 1. The first-order valence-corrected chi connectivity index (χ1v) is 3.65. The van der Waals surface area contributed by atoms with E-state index in [9.17, 15) is 0 Å². The molecule has 1 atom stereocenters. The highest BCUT2D eigenvalue weighted by Crippen LogP contribution is 1.98. The van der Waals surface area contributed by atoms with Crippen LogP contribution in [0.3, 0.4) is 0 Å².